The number of thioether (sulfide) groups is 1. The van der Waals surface area contributed by atoms with Crippen molar-refractivity contribution in [3.8, 4) is 0 Å². The monoisotopic (exact) mass is 790 g/mol. The van der Waals surface area contributed by atoms with Gasteiger partial charge in [-0.25, -0.2) is 19.4 Å². The van der Waals surface area contributed by atoms with E-state index in [1.165, 1.54) is 35.2 Å². The zero-order chi connectivity index (χ0) is 39.7. The number of esters is 2. The van der Waals surface area contributed by atoms with Crippen molar-refractivity contribution in [3.05, 3.63) is 107 Å². The van der Waals surface area contributed by atoms with Gasteiger partial charge in [-0.1, -0.05) is 78.5 Å². The van der Waals surface area contributed by atoms with Crippen LogP contribution in [0, 0.1) is 0 Å². The number of thiazole rings is 1. The number of hydrogen-bond donors (Lipinski definition) is 3. The molecule has 2 aliphatic heterocycles. The molecule has 288 valence electrons. The molecule has 2 unspecified atom stereocenters. The van der Waals surface area contributed by atoms with Gasteiger partial charge in [-0.3, -0.25) is 19.3 Å². The molecule has 3 heterocycles. The van der Waals surface area contributed by atoms with E-state index in [-0.39, 0.29) is 28.0 Å². The van der Waals surface area contributed by atoms with Crippen LogP contribution < -0.4 is 16.0 Å². The van der Waals surface area contributed by atoms with Crippen LogP contribution in [-0.2, 0) is 43.0 Å². The Hall–Kier alpha value is -6.01. The van der Waals surface area contributed by atoms with E-state index in [9.17, 15) is 28.8 Å². The zero-order valence-corrected chi connectivity index (χ0v) is 31.8. The number of ether oxygens (including phenoxy) is 3. The maximum Gasteiger partial charge on any atom is 0.408 e. The number of nitrogens with zero attached hydrogens (tertiary/aromatic N) is 3. The highest BCUT2D eigenvalue weighted by Crippen LogP contribution is 2.41. The largest absolute Gasteiger partial charge is 0.458 e. The third-order valence-electron chi connectivity index (χ3n) is 7.85. The van der Waals surface area contributed by atoms with Gasteiger partial charge < -0.3 is 35.0 Å². The van der Waals surface area contributed by atoms with Crippen molar-refractivity contribution in [2.45, 2.75) is 49.9 Å². The highest BCUT2D eigenvalue weighted by Gasteiger charge is 2.54. The first-order valence-electron chi connectivity index (χ1n) is 16.7. The van der Waals surface area contributed by atoms with Crippen LogP contribution >= 0.6 is 23.1 Å². The van der Waals surface area contributed by atoms with Crippen LogP contribution in [0.25, 0.3) is 0 Å². The number of carbonyl (C=O) groups is 6. The molecule has 3 aromatic rings. The van der Waals surface area contributed by atoms with Crippen molar-refractivity contribution < 1.29 is 47.8 Å². The second-order valence-electron chi connectivity index (χ2n) is 12.8. The first kappa shape index (κ1) is 40.2. The van der Waals surface area contributed by atoms with Gasteiger partial charge in [0.15, 0.2) is 23.0 Å². The SMILES string of the molecule is C=CC1=C(C(=O)OCC(NC(=O)OC(C)(C)C)C(=O)OC(c2ccccc2)c2ccccc2)N2C(=O)C(NC(=O)C(=NOC)c3csc(NC=O)n3)[C@@H]2SC1. The normalized spacial score (nSPS) is 17.2. The maximum atomic E-state index is 13.8. The average molecular weight is 791 g/mol. The van der Waals surface area contributed by atoms with Crippen molar-refractivity contribution >= 4 is 70.2 Å². The second kappa shape index (κ2) is 17.9. The maximum absolute atomic E-state index is 13.8. The van der Waals surface area contributed by atoms with E-state index in [4.69, 9.17) is 19.0 Å². The van der Waals surface area contributed by atoms with Crippen LogP contribution in [0.3, 0.4) is 0 Å². The Balaban J connectivity index is 1.33. The molecule has 1 aromatic heterocycles. The summed E-state index contributed by atoms with van der Waals surface area (Å²) in [5.41, 5.74) is 0.484. The van der Waals surface area contributed by atoms with Crippen molar-refractivity contribution in [1.82, 2.24) is 20.5 Å². The number of rotatable bonds is 15. The predicted octanol–water partition coefficient (Wildman–Crippen LogP) is 3.67. The highest BCUT2D eigenvalue weighted by molar-refractivity contribution is 8.00. The Morgan fingerprint density at radius 2 is 1.73 bits per heavy atom. The minimum Gasteiger partial charge on any atom is -0.458 e. The lowest BCUT2D eigenvalue weighted by Gasteiger charge is -2.49. The number of oxime groups is 1. The Morgan fingerprint density at radius 1 is 1.07 bits per heavy atom. The Kier molecular flexibility index (Phi) is 13.1. The van der Waals surface area contributed by atoms with Gasteiger partial charge in [0.25, 0.3) is 11.8 Å². The summed E-state index contributed by atoms with van der Waals surface area (Å²) in [7, 11) is 1.23. The summed E-state index contributed by atoms with van der Waals surface area (Å²) in [5, 5.41) is 12.2. The number of amides is 4. The smallest absolute Gasteiger partial charge is 0.408 e. The van der Waals surface area contributed by atoms with Crippen molar-refractivity contribution in [2.75, 3.05) is 24.8 Å². The minimum absolute atomic E-state index is 0.0960. The molecule has 2 aromatic carbocycles. The molecule has 0 saturated carbocycles. The topological polar surface area (TPSA) is 204 Å². The fraction of sp³-hybridized carbons (Fsp3) is 0.297. The van der Waals surface area contributed by atoms with Gasteiger partial charge in [0.1, 0.15) is 42.1 Å². The molecular weight excluding hydrogens is 753 g/mol. The van der Waals surface area contributed by atoms with Gasteiger partial charge >= 0.3 is 18.0 Å². The number of benzene rings is 2. The molecule has 0 radical (unpaired) electrons. The number of anilines is 1. The van der Waals surface area contributed by atoms with E-state index < -0.39 is 65.6 Å². The van der Waals surface area contributed by atoms with Crippen molar-refractivity contribution in [3.63, 3.8) is 0 Å². The van der Waals surface area contributed by atoms with Crippen LogP contribution in [0.1, 0.15) is 43.7 Å². The quantitative estimate of drug-likeness (QED) is 0.0504. The number of alkyl carbamates (subject to hydrolysis) is 1. The number of carbonyl (C=O) groups excluding carboxylic acids is 6. The summed E-state index contributed by atoms with van der Waals surface area (Å²) >= 11 is 2.32. The number of allylic oxidation sites excluding steroid dienone is 1. The number of hydrogen-bond acceptors (Lipinski definition) is 14. The lowest BCUT2D eigenvalue weighted by Crippen LogP contribution is -2.71. The van der Waals surface area contributed by atoms with Gasteiger partial charge in [-0.05, 0) is 37.5 Å². The summed E-state index contributed by atoms with van der Waals surface area (Å²) in [5.74, 6) is -3.10. The van der Waals surface area contributed by atoms with E-state index in [1.807, 2.05) is 12.1 Å². The first-order valence-corrected chi connectivity index (χ1v) is 18.6. The summed E-state index contributed by atoms with van der Waals surface area (Å²) in [4.78, 5) is 88.3. The standard InChI is InChI=1S/C37H38N6O10S2/c1-6-21-18-54-32-27(41-30(45)26(42-50-5)25-19-55-35(39-25)38-20-44)31(46)43(32)28(21)34(48)51-17-24(40-36(49)53-37(2,3)4)33(47)52-29(22-13-9-7-10-14-22)23-15-11-8-12-16-23/h6-16,19-20,24,27,29,32H,1,17-18H2,2-5H3,(H,40,49)(H,41,45)(H,38,39,44)/t24?,27?,32-/m0/s1. The molecule has 18 heteroatoms. The van der Waals surface area contributed by atoms with Crippen LogP contribution in [0.15, 0.2) is 95.1 Å². The van der Waals surface area contributed by atoms with Crippen molar-refractivity contribution in [1.29, 1.82) is 0 Å². The third kappa shape index (κ3) is 9.76. The van der Waals surface area contributed by atoms with E-state index in [2.05, 4.69) is 32.7 Å². The van der Waals surface area contributed by atoms with Gasteiger partial charge in [0.2, 0.25) is 6.41 Å². The summed E-state index contributed by atoms with van der Waals surface area (Å²) in [6.07, 6.45) is 0.0149. The minimum atomic E-state index is -1.53. The predicted molar refractivity (Wildman–Crippen MR) is 203 cm³/mol. The number of aromatic nitrogens is 1. The Morgan fingerprint density at radius 3 is 2.31 bits per heavy atom. The van der Waals surface area contributed by atoms with E-state index >= 15 is 0 Å². The molecule has 2 aliphatic rings. The zero-order valence-electron chi connectivity index (χ0n) is 30.2. The second-order valence-corrected chi connectivity index (χ2v) is 14.8. The van der Waals surface area contributed by atoms with Crippen LogP contribution in [-0.4, -0.2) is 94.4 Å². The molecule has 4 amide bonds. The fourth-order valence-electron chi connectivity index (χ4n) is 5.42. The van der Waals surface area contributed by atoms with Gasteiger partial charge in [-0.15, -0.1) is 23.1 Å². The van der Waals surface area contributed by atoms with E-state index in [0.717, 1.165) is 11.3 Å². The summed E-state index contributed by atoms with van der Waals surface area (Å²) in [6.45, 7) is 8.03. The molecule has 3 N–H and O–H groups in total. The molecule has 55 heavy (non-hydrogen) atoms. The van der Waals surface area contributed by atoms with Crippen LogP contribution in [0.5, 0.6) is 0 Å². The lowest BCUT2D eigenvalue weighted by atomic mass is 10.0. The van der Waals surface area contributed by atoms with Gasteiger partial charge in [0.05, 0.1) is 0 Å². The third-order valence-corrected chi connectivity index (χ3v) is 9.92. The van der Waals surface area contributed by atoms with Crippen molar-refractivity contribution in [2.24, 2.45) is 5.16 Å². The lowest BCUT2D eigenvalue weighted by molar-refractivity contribution is -0.157. The molecule has 1 fully saturated rings. The summed E-state index contributed by atoms with van der Waals surface area (Å²) < 4.78 is 16.9. The Labute approximate surface area is 324 Å². The van der Waals surface area contributed by atoms with E-state index in [1.54, 1.807) is 69.3 Å². The highest BCUT2D eigenvalue weighted by atomic mass is 32.2. The molecule has 0 spiro atoms. The summed E-state index contributed by atoms with van der Waals surface area (Å²) in [6, 6.07) is 15.4. The Bertz CT molecular complexity index is 1960. The van der Waals surface area contributed by atoms with Gasteiger partial charge in [0, 0.05) is 11.1 Å². The molecular formula is C37H38N6O10S2. The average Bonchev–Trinajstić information content (AvgIpc) is 3.63. The molecule has 0 aliphatic carbocycles. The molecule has 3 atom stereocenters. The number of fused-ring (bicyclic) bond motifs is 1. The molecule has 5 rings (SSSR count). The fourth-order valence-corrected chi connectivity index (χ4v) is 7.42. The van der Waals surface area contributed by atoms with E-state index in [0.29, 0.717) is 23.1 Å². The van der Waals surface area contributed by atoms with Crippen LogP contribution in [0.4, 0.5) is 9.93 Å². The molecule has 1 saturated heterocycles. The van der Waals surface area contributed by atoms with Gasteiger partial charge in [-0.2, -0.15) is 0 Å². The first-order chi connectivity index (χ1) is 26.3. The number of nitrogens with one attached hydrogen (secondary N) is 3. The molecule has 16 nitrogen and oxygen atoms in total. The van der Waals surface area contributed by atoms with Crippen LogP contribution in [0.2, 0.25) is 0 Å². The molecule has 0 bridgehead atoms. The number of β-lactam (4-membered cyclic amide) rings is 1.